The molecule has 1 atom stereocenters. The van der Waals surface area contributed by atoms with E-state index in [-0.39, 0.29) is 0 Å². The van der Waals surface area contributed by atoms with Crippen LogP contribution < -0.4 is 5.73 Å². The third-order valence-electron chi connectivity index (χ3n) is 4.50. The van der Waals surface area contributed by atoms with Crippen LogP contribution in [0.1, 0.15) is 55.0 Å². The van der Waals surface area contributed by atoms with Gasteiger partial charge in [-0.1, -0.05) is 6.42 Å². The lowest BCUT2D eigenvalue weighted by atomic mass is 9.95. The predicted molar refractivity (Wildman–Crippen MR) is 82.7 cm³/mol. The molecule has 110 valence electrons. The highest BCUT2D eigenvalue weighted by molar-refractivity contribution is 7.10. The Bertz CT molecular complexity index is 467. The fourth-order valence-corrected chi connectivity index (χ4v) is 4.20. The molecule has 1 amide bonds. The van der Waals surface area contributed by atoms with Gasteiger partial charge in [-0.3, -0.25) is 4.79 Å². The van der Waals surface area contributed by atoms with Crippen molar-refractivity contribution in [2.24, 2.45) is 11.7 Å². The molecule has 1 aliphatic heterocycles. The fraction of sp³-hybridized carbons (Fsp3) is 0.688. The number of thiophene rings is 1. The maximum Gasteiger partial charge on any atom is 0.223 e. The Morgan fingerprint density at radius 1 is 1.35 bits per heavy atom. The molecule has 0 bridgehead atoms. The maximum absolute atomic E-state index is 12.5. The fourth-order valence-electron chi connectivity index (χ4n) is 3.29. The molecule has 3 rings (SSSR count). The Kier molecular flexibility index (Phi) is 4.41. The van der Waals surface area contributed by atoms with E-state index in [1.54, 1.807) is 0 Å². The van der Waals surface area contributed by atoms with Gasteiger partial charge in [0.05, 0.1) is 6.04 Å². The molecule has 0 aromatic carbocycles. The van der Waals surface area contributed by atoms with E-state index in [0.717, 1.165) is 44.7 Å². The summed E-state index contributed by atoms with van der Waals surface area (Å²) in [5.41, 5.74) is 6.95. The molecule has 2 heterocycles. The first-order chi connectivity index (χ1) is 9.81. The van der Waals surface area contributed by atoms with Gasteiger partial charge in [-0.2, -0.15) is 0 Å². The number of nitrogens with two attached hydrogens (primary N) is 1. The third-order valence-corrected chi connectivity index (χ3v) is 5.49. The summed E-state index contributed by atoms with van der Waals surface area (Å²) in [6, 6.07) is 2.63. The SMILES string of the molecule is NCCCCCC(=O)N1CCc2sccc2C1C1CC1. The zero-order valence-corrected chi connectivity index (χ0v) is 12.8. The number of nitrogens with zero attached hydrogens (tertiary/aromatic N) is 1. The van der Waals surface area contributed by atoms with E-state index in [1.807, 2.05) is 11.3 Å². The molecule has 1 aromatic rings. The second-order valence-corrected chi connectivity index (χ2v) is 7.02. The minimum atomic E-state index is 0.357. The summed E-state index contributed by atoms with van der Waals surface area (Å²) in [4.78, 5) is 16.2. The van der Waals surface area contributed by atoms with Crippen LogP contribution in [0.5, 0.6) is 0 Å². The quantitative estimate of drug-likeness (QED) is 0.819. The molecule has 20 heavy (non-hydrogen) atoms. The van der Waals surface area contributed by atoms with Crippen molar-refractivity contribution >= 4 is 17.2 Å². The van der Waals surface area contributed by atoms with Crippen LogP contribution in [0.2, 0.25) is 0 Å². The Hall–Kier alpha value is -0.870. The van der Waals surface area contributed by atoms with E-state index in [1.165, 1.54) is 23.3 Å². The topological polar surface area (TPSA) is 46.3 Å². The first-order valence-electron chi connectivity index (χ1n) is 7.87. The van der Waals surface area contributed by atoms with E-state index in [9.17, 15) is 4.79 Å². The predicted octanol–water partition coefficient (Wildman–Crippen LogP) is 3.10. The summed E-state index contributed by atoms with van der Waals surface area (Å²) >= 11 is 1.86. The summed E-state index contributed by atoms with van der Waals surface area (Å²) in [7, 11) is 0. The summed E-state index contributed by atoms with van der Waals surface area (Å²) in [5, 5.41) is 2.19. The molecule has 2 N–H and O–H groups in total. The molecular weight excluding hydrogens is 268 g/mol. The van der Waals surface area contributed by atoms with Gasteiger partial charge >= 0.3 is 0 Å². The zero-order chi connectivity index (χ0) is 13.9. The molecule has 1 fully saturated rings. The van der Waals surface area contributed by atoms with Gasteiger partial charge in [-0.15, -0.1) is 11.3 Å². The van der Waals surface area contributed by atoms with Gasteiger partial charge in [0.1, 0.15) is 0 Å². The molecule has 3 nitrogen and oxygen atoms in total. The van der Waals surface area contributed by atoms with E-state index in [4.69, 9.17) is 5.73 Å². The standard InChI is InChI=1S/C16H24N2OS/c17-9-3-1-2-4-15(19)18-10-7-14-13(8-11-20-14)16(18)12-5-6-12/h8,11-12,16H,1-7,9-10,17H2. The Morgan fingerprint density at radius 3 is 2.95 bits per heavy atom. The summed E-state index contributed by atoms with van der Waals surface area (Å²) < 4.78 is 0. The monoisotopic (exact) mass is 292 g/mol. The molecule has 1 saturated carbocycles. The van der Waals surface area contributed by atoms with Crippen molar-refractivity contribution in [1.82, 2.24) is 4.90 Å². The molecule has 1 aromatic heterocycles. The largest absolute Gasteiger partial charge is 0.335 e. The molecule has 4 heteroatoms. The van der Waals surface area contributed by atoms with Gasteiger partial charge in [0.15, 0.2) is 0 Å². The third kappa shape index (κ3) is 2.91. The minimum Gasteiger partial charge on any atom is -0.335 e. The van der Waals surface area contributed by atoms with Crippen LogP contribution in [-0.2, 0) is 11.2 Å². The van der Waals surface area contributed by atoms with Crippen molar-refractivity contribution in [3.05, 3.63) is 21.9 Å². The van der Waals surface area contributed by atoms with Crippen molar-refractivity contribution in [2.45, 2.75) is 51.0 Å². The van der Waals surface area contributed by atoms with Crippen molar-refractivity contribution in [2.75, 3.05) is 13.1 Å². The Labute approximate surface area is 125 Å². The Morgan fingerprint density at radius 2 is 2.20 bits per heavy atom. The lowest BCUT2D eigenvalue weighted by molar-refractivity contribution is -0.134. The molecular formula is C16H24N2OS. The van der Waals surface area contributed by atoms with Gasteiger partial charge in [-0.25, -0.2) is 0 Å². The normalized spacial score (nSPS) is 21.9. The van der Waals surface area contributed by atoms with Crippen molar-refractivity contribution in [3.8, 4) is 0 Å². The van der Waals surface area contributed by atoms with Gasteiger partial charge in [0.25, 0.3) is 0 Å². The number of carbonyl (C=O) groups excluding carboxylic acids is 1. The van der Waals surface area contributed by atoms with Crippen molar-refractivity contribution in [3.63, 3.8) is 0 Å². The first-order valence-corrected chi connectivity index (χ1v) is 8.75. The van der Waals surface area contributed by atoms with Crippen LogP contribution in [0.3, 0.4) is 0 Å². The highest BCUT2D eigenvalue weighted by Crippen LogP contribution is 2.48. The van der Waals surface area contributed by atoms with Crippen LogP contribution in [0.4, 0.5) is 0 Å². The van der Waals surface area contributed by atoms with Crippen LogP contribution in [-0.4, -0.2) is 23.9 Å². The average molecular weight is 292 g/mol. The number of unbranched alkanes of at least 4 members (excludes halogenated alkanes) is 2. The van der Waals surface area contributed by atoms with Gasteiger partial charge in [-0.05, 0) is 61.6 Å². The molecule has 0 spiro atoms. The zero-order valence-electron chi connectivity index (χ0n) is 12.0. The van der Waals surface area contributed by atoms with Gasteiger partial charge in [0, 0.05) is 17.8 Å². The number of amides is 1. The number of hydrogen-bond acceptors (Lipinski definition) is 3. The highest BCUT2D eigenvalue weighted by Gasteiger charge is 2.41. The summed E-state index contributed by atoms with van der Waals surface area (Å²) in [5.74, 6) is 1.08. The van der Waals surface area contributed by atoms with E-state index in [0.29, 0.717) is 18.4 Å². The molecule has 0 radical (unpaired) electrons. The van der Waals surface area contributed by atoms with E-state index >= 15 is 0 Å². The van der Waals surface area contributed by atoms with E-state index in [2.05, 4.69) is 16.3 Å². The van der Waals surface area contributed by atoms with Crippen LogP contribution >= 0.6 is 11.3 Å². The second-order valence-electron chi connectivity index (χ2n) is 6.02. The smallest absolute Gasteiger partial charge is 0.223 e. The van der Waals surface area contributed by atoms with Crippen molar-refractivity contribution in [1.29, 1.82) is 0 Å². The van der Waals surface area contributed by atoms with Gasteiger partial charge < -0.3 is 10.6 Å². The number of fused-ring (bicyclic) bond motifs is 1. The molecule has 0 saturated heterocycles. The lowest BCUT2D eigenvalue weighted by Crippen LogP contribution is -2.40. The maximum atomic E-state index is 12.5. The van der Waals surface area contributed by atoms with Crippen LogP contribution in [0.25, 0.3) is 0 Å². The number of hydrogen-bond donors (Lipinski definition) is 1. The van der Waals surface area contributed by atoms with Crippen LogP contribution in [0.15, 0.2) is 11.4 Å². The second kappa shape index (κ2) is 6.27. The van der Waals surface area contributed by atoms with Crippen molar-refractivity contribution < 1.29 is 4.79 Å². The lowest BCUT2D eigenvalue weighted by Gasteiger charge is -2.36. The van der Waals surface area contributed by atoms with Gasteiger partial charge in [0.2, 0.25) is 5.91 Å². The number of carbonyl (C=O) groups is 1. The first kappa shape index (κ1) is 14.1. The summed E-state index contributed by atoms with van der Waals surface area (Å²) in [6.07, 6.45) is 7.42. The van der Waals surface area contributed by atoms with E-state index < -0.39 is 0 Å². The number of rotatable bonds is 6. The molecule has 2 aliphatic rings. The molecule has 1 aliphatic carbocycles. The Balaban J connectivity index is 1.65. The van der Waals surface area contributed by atoms with Crippen LogP contribution in [0, 0.1) is 5.92 Å². The highest BCUT2D eigenvalue weighted by atomic mass is 32.1. The summed E-state index contributed by atoms with van der Waals surface area (Å²) in [6.45, 7) is 1.66. The molecule has 1 unspecified atom stereocenters. The average Bonchev–Trinajstić information content (AvgIpc) is 3.18. The minimum absolute atomic E-state index is 0.357.